The first-order chi connectivity index (χ1) is 13.3. The maximum absolute atomic E-state index is 12.8. The van der Waals surface area contributed by atoms with E-state index in [1.807, 2.05) is 39.0 Å². The van der Waals surface area contributed by atoms with Gasteiger partial charge >= 0.3 is 0 Å². The normalized spacial score (nSPS) is 11.9. The van der Waals surface area contributed by atoms with Gasteiger partial charge in [-0.3, -0.25) is 9.59 Å². The van der Waals surface area contributed by atoms with Crippen LogP contribution in [0.3, 0.4) is 0 Å². The van der Waals surface area contributed by atoms with Crippen LogP contribution in [0.25, 0.3) is 0 Å². The first-order valence-electron chi connectivity index (χ1n) is 9.27. The Morgan fingerprint density at radius 3 is 2.61 bits per heavy atom. The van der Waals surface area contributed by atoms with Crippen molar-refractivity contribution < 1.29 is 14.3 Å². The first kappa shape index (κ1) is 22.0. The third-order valence-electron chi connectivity index (χ3n) is 3.79. The monoisotopic (exact) mass is 447 g/mol. The van der Waals surface area contributed by atoms with E-state index in [0.717, 1.165) is 12.0 Å². The number of rotatable bonds is 8. The maximum Gasteiger partial charge on any atom is 0.270 e. The third-order valence-corrected chi connectivity index (χ3v) is 4.58. The van der Waals surface area contributed by atoms with Crippen LogP contribution in [-0.4, -0.2) is 29.4 Å². The number of carbonyl (C=O) groups is 2. The summed E-state index contributed by atoms with van der Waals surface area (Å²) >= 11 is 3.50. The second kappa shape index (κ2) is 10.3. The smallest absolute Gasteiger partial charge is 0.270 e. The summed E-state index contributed by atoms with van der Waals surface area (Å²) in [5, 5.41) is 5.38. The van der Waals surface area contributed by atoms with E-state index in [0.29, 0.717) is 18.0 Å². The van der Waals surface area contributed by atoms with E-state index in [-0.39, 0.29) is 34.1 Å². The molecule has 1 atom stereocenters. The molecule has 0 radical (unpaired) electrons. The second-order valence-corrected chi connectivity index (χ2v) is 7.58. The summed E-state index contributed by atoms with van der Waals surface area (Å²) in [6, 6.07) is 10.7. The van der Waals surface area contributed by atoms with Crippen molar-refractivity contribution in [2.24, 2.45) is 0 Å². The van der Waals surface area contributed by atoms with Crippen LogP contribution in [0.4, 0.5) is 5.69 Å². The highest BCUT2D eigenvalue weighted by Crippen LogP contribution is 2.26. The molecule has 0 aliphatic heterocycles. The number of benzene rings is 1. The van der Waals surface area contributed by atoms with Crippen molar-refractivity contribution in [3.8, 4) is 0 Å². The van der Waals surface area contributed by atoms with E-state index in [4.69, 9.17) is 4.74 Å². The molecule has 1 unspecified atom stereocenters. The molecule has 0 aliphatic carbocycles. The molecule has 150 valence electrons. The molecule has 0 saturated carbocycles. The van der Waals surface area contributed by atoms with Gasteiger partial charge in [0, 0.05) is 24.0 Å². The lowest BCUT2D eigenvalue weighted by atomic mass is 10.1. The van der Waals surface area contributed by atoms with Crippen LogP contribution >= 0.6 is 15.9 Å². The molecule has 0 saturated heterocycles. The molecular formula is C21H26BrN3O3. The number of ether oxygens (including phenoxy) is 1. The van der Waals surface area contributed by atoms with Gasteiger partial charge in [0.1, 0.15) is 10.7 Å². The lowest BCUT2D eigenvalue weighted by Gasteiger charge is -2.14. The summed E-state index contributed by atoms with van der Waals surface area (Å²) in [7, 11) is 0. The van der Waals surface area contributed by atoms with Crippen LogP contribution in [-0.2, 0) is 4.74 Å². The van der Waals surface area contributed by atoms with Crippen LogP contribution in [0.5, 0.6) is 0 Å². The number of carbonyl (C=O) groups excluding carboxylic acids is 2. The van der Waals surface area contributed by atoms with Gasteiger partial charge in [0.2, 0.25) is 0 Å². The number of nitrogens with zero attached hydrogens (tertiary/aromatic N) is 1. The summed E-state index contributed by atoms with van der Waals surface area (Å²) in [6.45, 7) is 8.17. The zero-order chi connectivity index (χ0) is 20.7. The Morgan fingerprint density at radius 1 is 1.18 bits per heavy atom. The van der Waals surface area contributed by atoms with Crippen molar-refractivity contribution in [2.75, 3.05) is 11.9 Å². The Labute approximate surface area is 174 Å². The van der Waals surface area contributed by atoms with E-state index < -0.39 is 0 Å². The van der Waals surface area contributed by atoms with Crippen LogP contribution in [0.2, 0.25) is 0 Å². The van der Waals surface area contributed by atoms with Gasteiger partial charge in [0.15, 0.2) is 0 Å². The van der Waals surface area contributed by atoms with E-state index in [9.17, 15) is 9.59 Å². The standard InChI is InChI=1S/C21H26BrN3O3/c1-5-11-28-19(22)15-7-6-8-16(12-15)25-20(26)17-10-9-14(4)24-18(17)21(27)23-13(2)3/h6-10,12-13,19H,5,11H2,1-4H3,(H,23,27)(H,25,26). The van der Waals surface area contributed by atoms with E-state index in [1.165, 1.54) is 0 Å². The number of alkyl halides is 1. The quantitative estimate of drug-likeness (QED) is 0.579. The fourth-order valence-electron chi connectivity index (χ4n) is 2.52. The molecule has 2 N–H and O–H groups in total. The lowest BCUT2D eigenvalue weighted by molar-refractivity contribution is 0.0925. The van der Waals surface area contributed by atoms with Crippen molar-refractivity contribution in [1.29, 1.82) is 0 Å². The molecule has 2 amide bonds. The highest BCUT2D eigenvalue weighted by Gasteiger charge is 2.20. The average molecular weight is 448 g/mol. The van der Waals surface area contributed by atoms with Gasteiger partial charge in [-0.1, -0.05) is 35.0 Å². The van der Waals surface area contributed by atoms with E-state index in [2.05, 4.69) is 31.5 Å². The largest absolute Gasteiger partial charge is 0.362 e. The fraction of sp³-hybridized carbons (Fsp3) is 0.381. The fourth-order valence-corrected chi connectivity index (χ4v) is 2.99. The summed E-state index contributed by atoms with van der Waals surface area (Å²) in [5.74, 6) is -0.759. The zero-order valence-corrected chi connectivity index (χ0v) is 18.2. The minimum Gasteiger partial charge on any atom is -0.362 e. The maximum atomic E-state index is 12.8. The molecule has 28 heavy (non-hydrogen) atoms. The van der Waals surface area contributed by atoms with Gasteiger partial charge in [-0.25, -0.2) is 4.98 Å². The van der Waals surface area contributed by atoms with Crippen molar-refractivity contribution in [2.45, 2.75) is 45.2 Å². The Bertz CT molecular complexity index is 839. The molecule has 1 aromatic carbocycles. The predicted octanol–water partition coefficient (Wildman–Crippen LogP) is 4.60. The van der Waals surface area contributed by atoms with Crippen LogP contribution < -0.4 is 10.6 Å². The molecule has 0 spiro atoms. The number of pyridine rings is 1. The van der Waals surface area contributed by atoms with E-state index >= 15 is 0 Å². The Hall–Kier alpha value is -2.25. The summed E-state index contributed by atoms with van der Waals surface area (Å²) in [6.07, 6.45) is 0.917. The molecule has 1 aromatic heterocycles. The SMILES string of the molecule is CCCOC(Br)c1cccc(NC(=O)c2ccc(C)nc2C(=O)NC(C)C)c1. The molecule has 2 aromatic rings. The first-order valence-corrected chi connectivity index (χ1v) is 10.2. The molecule has 2 rings (SSSR count). The number of aryl methyl sites for hydroxylation is 1. The van der Waals surface area contributed by atoms with Gasteiger partial charge in [-0.05, 0) is 57.0 Å². The molecule has 0 fully saturated rings. The molecule has 1 heterocycles. The van der Waals surface area contributed by atoms with Crippen LogP contribution in [0.15, 0.2) is 36.4 Å². The highest BCUT2D eigenvalue weighted by molar-refractivity contribution is 9.09. The number of amides is 2. The highest BCUT2D eigenvalue weighted by atomic mass is 79.9. The molecule has 0 bridgehead atoms. The number of aromatic nitrogens is 1. The number of hydrogen-bond donors (Lipinski definition) is 2. The number of anilines is 1. The Balaban J connectivity index is 2.22. The Kier molecular flexibility index (Phi) is 8.14. The van der Waals surface area contributed by atoms with Crippen molar-refractivity contribution >= 4 is 33.4 Å². The van der Waals surface area contributed by atoms with Crippen molar-refractivity contribution in [3.63, 3.8) is 0 Å². The van der Waals surface area contributed by atoms with Crippen molar-refractivity contribution in [1.82, 2.24) is 10.3 Å². The summed E-state index contributed by atoms with van der Waals surface area (Å²) in [4.78, 5) is 29.5. The van der Waals surface area contributed by atoms with Crippen LogP contribution in [0.1, 0.15) is 64.3 Å². The minimum absolute atomic E-state index is 0.0543. The molecular weight excluding hydrogens is 422 g/mol. The van der Waals surface area contributed by atoms with E-state index in [1.54, 1.807) is 25.1 Å². The number of halogens is 1. The number of hydrogen-bond acceptors (Lipinski definition) is 4. The zero-order valence-electron chi connectivity index (χ0n) is 16.6. The van der Waals surface area contributed by atoms with Gasteiger partial charge in [-0.15, -0.1) is 0 Å². The molecule has 6 nitrogen and oxygen atoms in total. The average Bonchev–Trinajstić information content (AvgIpc) is 2.65. The summed E-state index contributed by atoms with van der Waals surface area (Å²) in [5.41, 5.74) is 2.52. The van der Waals surface area contributed by atoms with Crippen LogP contribution in [0, 0.1) is 6.92 Å². The van der Waals surface area contributed by atoms with Crippen molar-refractivity contribution in [3.05, 3.63) is 58.9 Å². The third kappa shape index (κ3) is 6.14. The van der Waals surface area contributed by atoms with Gasteiger partial charge < -0.3 is 15.4 Å². The predicted molar refractivity (Wildman–Crippen MR) is 114 cm³/mol. The Morgan fingerprint density at radius 2 is 1.93 bits per heavy atom. The summed E-state index contributed by atoms with van der Waals surface area (Å²) < 4.78 is 5.66. The van der Waals surface area contributed by atoms with Gasteiger partial charge in [0.25, 0.3) is 11.8 Å². The molecule has 0 aliphatic rings. The number of nitrogens with one attached hydrogen (secondary N) is 2. The lowest BCUT2D eigenvalue weighted by Crippen LogP contribution is -2.33. The molecule has 7 heteroatoms. The van der Waals surface area contributed by atoms with Gasteiger partial charge in [0.05, 0.1) is 5.56 Å². The van der Waals surface area contributed by atoms with Gasteiger partial charge in [-0.2, -0.15) is 0 Å². The minimum atomic E-state index is -0.390. The topological polar surface area (TPSA) is 80.3 Å². The second-order valence-electron chi connectivity index (χ2n) is 6.74.